The lowest BCUT2D eigenvalue weighted by atomic mass is 9.86. The van der Waals surface area contributed by atoms with Gasteiger partial charge in [-0.2, -0.15) is 0 Å². The number of hydrogen-bond acceptors (Lipinski definition) is 4. The average Bonchev–Trinajstić information content (AvgIpc) is 2.98. The van der Waals surface area contributed by atoms with E-state index in [2.05, 4.69) is 33.9 Å². The van der Waals surface area contributed by atoms with Crippen LogP contribution in [-0.2, 0) is 20.6 Å². The fourth-order valence-corrected chi connectivity index (χ4v) is 5.61. The van der Waals surface area contributed by atoms with Crippen LogP contribution in [0.5, 0.6) is 0 Å². The van der Waals surface area contributed by atoms with Gasteiger partial charge in [-0.1, -0.05) is 51.1 Å². The van der Waals surface area contributed by atoms with E-state index in [1.54, 1.807) is 0 Å². The number of carbonyl (C=O) groups is 2. The molecule has 0 radical (unpaired) electrons. The van der Waals surface area contributed by atoms with Gasteiger partial charge in [0.15, 0.2) is 8.32 Å². The summed E-state index contributed by atoms with van der Waals surface area (Å²) in [5, 5.41) is 0.193. The van der Waals surface area contributed by atoms with Crippen LogP contribution in [0, 0.1) is 5.92 Å². The highest BCUT2D eigenvalue weighted by molar-refractivity contribution is 6.74. The number of hydrogen-bond donors (Lipinski definition) is 0. The van der Waals surface area contributed by atoms with E-state index >= 15 is 0 Å². The normalized spacial score (nSPS) is 23.6. The first-order chi connectivity index (χ1) is 14.6. The number of Topliss-reactive ketones (excluding diaryl/α,β-unsaturated/α-hetero) is 1. The zero-order valence-corrected chi connectivity index (χ0v) is 20.9. The van der Waals surface area contributed by atoms with E-state index in [0.717, 1.165) is 37.7 Å². The number of rotatable bonds is 8. The molecule has 1 aromatic carbocycles. The Hall–Kier alpha value is -1.66. The van der Waals surface area contributed by atoms with Crippen molar-refractivity contribution in [3.63, 3.8) is 0 Å². The second-order valence-corrected chi connectivity index (χ2v) is 15.5. The van der Waals surface area contributed by atoms with Crippen LogP contribution in [0.25, 0.3) is 0 Å². The summed E-state index contributed by atoms with van der Waals surface area (Å²) in [6, 6.07) is 10.0. The Balaban J connectivity index is 1.44. The maximum atomic E-state index is 12.8. The van der Waals surface area contributed by atoms with Crippen molar-refractivity contribution < 1.29 is 18.8 Å². The number of nitrogens with zero attached hydrogens (tertiary/aromatic N) is 1. The Kier molecular flexibility index (Phi) is 7.63. The molecule has 2 fully saturated rings. The molecule has 2 bridgehead atoms. The summed E-state index contributed by atoms with van der Waals surface area (Å²) in [7, 11) is -1.75. The van der Waals surface area contributed by atoms with E-state index < -0.39 is 8.32 Å². The van der Waals surface area contributed by atoms with Crippen LogP contribution in [0.15, 0.2) is 30.3 Å². The van der Waals surface area contributed by atoms with Crippen molar-refractivity contribution in [2.75, 3.05) is 6.61 Å². The summed E-state index contributed by atoms with van der Waals surface area (Å²) in [6.07, 6.45) is 4.65. The molecule has 1 amide bonds. The highest BCUT2D eigenvalue weighted by Crippen LogP contribution is 2.40. The van der Waals surface area contributed by atoms with Gasteiger partial charge in [0.25, 0.3) is 0 Å². The largest absolute Gasteiger partial charge is 0.445 e. The number of fused-ring (bicyclic) bond motifs is 2. The molecule has 0 N–H and O–H groups in total. The fraction of sp³-hybridized carbons (Fsp3) is 0.680. The summed E-state index contributed by atoms with van der Waals surface area (Å²) < 4.78 is 11.8. The molecular formula is C25H39NO4Si. The first-order valence-corrected chi connectivity index (χ1v) is 14.6. The summed E-state index contributed by atoms with van der Waals surface area (Å²) in [6.45, 7) is 12.2. The molecule has 2 heterocycles. The quantitative estimate of drug-likeness (QED) is 0.367. The van der Waals surface area contributed by atoms with E-state index in [9.17, 15) is 9.59 Å². The van der Waals surface area contributed by atoms with E-state index in [1.165, 1.54) is 0 Å². The molecule has 0 saturated carbocycles. The first-order valence-electron chi connectivity index (χ1n) is 11.7. The SMILES string of the molecule is CC(C)(C)[Si](C)(C)OCCCC(=O)C1CC2CCC(C1)N2C(=O)OCc1ccccc1. The van der Waals surface area contributed by atoms with Crippen molar-refractivity contribution in [2.45, 2.75) is 96.1 Å². The first kappa shape index (κ1) is 24.0. The monoisotopic (exact) mass is 445 g/mol. The molecule has 2 aliphatic rings. The highest BCUT2D eigenvalue weighted by atomic mass is 28.4. The highest BCUT2D eigenvalue weighted by Gasteiger charge is 2.45. The van der Waals surface area contributed by atoms with Crippen LogP contribution < -0.4 is 0 Å². The van der Waals surface area contributed by atoms with E-state index in [0.29, 0.717) is 25.4 Å². The molecule has 2 aliphatic heterocycles. The van der Waals surface area contributed by atoms with Crippen LogP contribution in [0.1, 0.15) is 64.9 Å². The van der Waals surface area contributed by atoms with Crippen LogP contribution in [0.3, 0.4) is 0 Å². The Labute approximate surface area is 188 Å². The molecule has 172 valence electrons. The molecule has 3 rings (SSSR count). The summed E-state index contributed by atoms with van der Waals surface area (Å²) in [5.41, 5.74) is 0.994. The summed E-state index contributed by atoms with van der Waals surface area (Å²) >= 11 is 0. The van der Waals surface area contributed by atoms with Crippen LogP contribution in [0.4, 0.5) is 4.79 Å². The summed E-state index contributed by atoms with van der Waals surface area (Å²) in [5.74, 6) is 0.413. The minimum atomic E-state index is -1.75. The second-order valence-electron chi connectivity index (χ2n) is 10.7. The predicted octanol–water partition coefficient (Wildman–Crippen LogP) is 5.94. The minimum absolute atomic E-state index is 0.0727. The third-order valence-electron chi connectivity index (χ3n) is 7.44. The third kappa shape index (κ3) is 5.98. The van der Waals surface area contributed by atoms with Crippen molar-refractivity contribution in [2.24, 2.45) is 5.92 Å². The van der Waals surface area contributed by atoms with E-state index in [-0.39, 0.29) is 29.1 Å². The van der Waals surface area contributed by atoms with Gasteiger partial charge in [0.05, 0.1) is 0 Å². The maximum Gasteiger partial charge on any atom is 0.410 e. The molecular weight excluding hydrogens is 406 g/mol. The van der Waals surface area contributed by atoms with Gasteiger partial charge in [0.1, 0.15) is 12.4 Å². The van der Waals surface area contributed by atoms with Gasteiger partial charge in [0, 0.05) is 31.0 Å². The van der Waals surface area contributed by atoms with Crippen LogP contribution in [0.2, 0.25) is 18.1 Å². The number of piperidine rings is 1. The average molecular weight is 446 g/mol. The number of ether oxygens (including phenoxy) is 1. The Morgan fingerprint density at radius 2 is 1.68 bits per heavy atom. The van der Waals surface area contributed by atoms with Gasteiger partial charge in [-0.25, -0.2) is 4.79 Å². The lowest BCUT2D eigenvalue weighted by Gasteiger charge is -2.38. The van der Waals surface area contributed by atoms with Crippen molar-refractivity contribution in [3.8, 4) is 0 Å². The number of benzene rings is 1. The van der Waals surface area contributed by atoms with Crippen molar-refractivity contribution in [1.82, 2.24) is 4.90 Å². The van der Waals surface area contributed by atoms with Crippen molar-refractivity contribution in [3.05, 3.63) is 35.9 Å². The Bertz CT molecular complexity index is 745. The Morgan fingerprint density at radius 1 is 1.06 bits per heavy atom. The van der Waals surface area contributed by atoms with Crippen molar-refractivity contribution >= 4 is 20.2 Å². The van der Waals surface area contributed by atoms with Gasteiger partial charge >= 0.3 is 6.09 Å². The van der Waals surface area contributed by atoms with Gasteiger partial charge < -0.3 is 14.1 Å². The smallest absolute Gasteiger partial charge is 0.410 e. The predicted molar refractivity (Wildman–Crippen MR) is 125 cm³/mol. The van der Waals surface area contributed by atoms with Crippen LogP contribution >= 0.6 is 0 Å². The van der Waals surface area contributed by atoms with Gasteiger partial charge in [-0.3, -0.25) is 4.79 Å². The standard InChI is InChI=1S/C25H39NO4Si/c1-25(2,3)31(4,5)30-15-9-12-23(27)20-16-21-13-14-22(17-20)26(21)24(28)29-18-19-10-7-6-8-11-19/h6-8,10-11,20-22H,9,12-18H2,1-5H3. The number of carbonyl (C=O) groups excluding carboxylic acids is 2. The molecule has 1 aromatic rings. The van der Waals surface area contributed by atoms with Gasteiger partial charge in [-0.15, -0.1) is 0 Å². The third-order valence-corrected chi connectivity index (χ3v) is 12.0. The second kappa shape index (κ2) is 9.86. The van der Waals surface area contributed by atoms with Gasteiger partial charge in [0.2, 0.25) is 0 Å². The zero-order valence-electron chi connectivity index (χ0n) is 19.9. The fourth-order valence-electron chi connectivity index (χ4n) is 4.53. The van der Waals surface area contributed by atoms with Crippen molar-refractivity contribution in [1.29, 1.82) is 0 Å². The minimum Gasteiger partial charge on any atom is -0.445 e. The Morgan fingerprint density at radius 3 is 2.26 bits per heavy atom. The van der Waals surface area contributed by atoms with E-state index in [4.69, 9.17) is 9.16 Å². The lowest BCUT2D eigenvalue weighted by Crippen LogP contribution is -2.48. The molecule has 5 nitrogen and oxygen atoms in total. The molecule has 6 heteroatoms. The molecule has 0 aliphatic carbocycles. The number of amides is 1. The molecule has 31 heavy (non-hydrogen) atoms. The molecule has 2 saturated heterocycles. The molecule has 0 spiro atoms. The van der Waals surface area contributed by atoms with E-state index in [1.807, 2.05) is 35.2 Å². The molecule has 2 atom stereocenters. The molecule has 2 unspecified atom stereocenters. The molecule has 0 aromatic heterocycles. The summed E-state index contributed by atoms with van der Waals surface area (Å²) in [4.78, 5) is 27.5. The lowest BCUT2D eigenvalue weighted by molar-refractivity contribution is -0.125. The van der Waals surface area contributed by atoms with Crippen LogP contribution in [-0.4, -0.2) is 43.8 Å². The zero-order chi connectivity index (χ0) is 22.6. The number of ketones is 1. The maximum absolute atomic E-state index is 12.8. The topological polar surface area (TPSA) is 55.8 Å². The van der Waals surface area contributed by atoms with Gasteiger partial charge in [-0.05, 0) is 55.8 Å².